The maximum atomic E-state index is 12.9. The minimum atomic E-state index is -4.51. The molecule has 7 heteroatoms. The third-order valence-corrected chi connectivity index (χ3v) is 3.76. The normalized spacial score (nSPS) is 11.2. The highest BCUT2D eigenvalue weighted by atomic mass is 35.5. The number of carbonyl (C=O) groups is 1. The van der Waals surface area contributed by atoms with Crippen LogP contribution in [0.1, 0.15) is 22.3 Å². The molecular weight excluding hydrogens is 341 g/mol. The van der Waals surface area contributed by atoms with Crippen LogP contribution >= 0.6 is 11.6 Å². The average Bonchev–Trinajstić information content (AvgIpc) is 2.52. The van der Waals surface area contributed by atoms with Crippen molar-refractivity contribution >= 4 is 29.3 Å². The smallest absolute Gasteiger partial charge is 0.380 e. The molecule has 0 saturated heterocycles. The lowest BCUT2D eigenvalue weighted by molar-refractivity contribution is -0.137. The third-order valence-electron chi connectivity index (χ3n) is 3.53. The molecule has 24 heavy (non-hydrogen) atoms. The summed E-state index contributed by atoms with van der Waals surface area (Å²) in [6.07, 6.45) is -4.21. The number of carbonyl (C=O) groups excluding carboxylic acids is 1. The third kappa shape index (κ3) is 4.14. The Labute approximate surface area is 142 Å². The molecule has 2 aromatic rings. The monoisotopic (exact) mass is 354 g/mol. The molecule has 0 bridgehead atoms. The maximum absolute atomic E-state index is 12.9. The van der Waals surface area contributed by atoms with Crippen molar-refractivity contribution in [2.45, 2.75) is 19.6 Å². The standard InChI is InChI=1S/C17H14ClF3N2O/c1-10-6-13(18)4-2-11(10)8-23-16-7-12(17(19,20)21)3-5-14(16)15(22)9-24/h2-7,9,22-23H,8H2,1H3. The predicted octanol–water partition coefficient (Wildman–Crippen LogP) is 4.85. The molecule has 0 heterocycles. The summed E-state index contributed by atoms with van der Waals surface area (Å²) < 4.78 is 38.7. The van der Waals surface area contributed by atoms with Crippen molar-refractivity contribution in [2.24, 2.45) is 0 Å². The molecule has 0 saturated carbocycles. The van der Waals surface area contributed by atoms with Crippen LogP contribution in [0.5, 0.6) is 0 Å². The second-order valence-corrected chi connectivity index (χ2v) is 5.65. The summed E-state index contributed by atoms with van der Waals surface area (Å²) in [5.41, 5.74) is 0.689. The fraction of sp³-hybridized carbons (Fsp3) is 0.176. The van der Waals surface area contributed by atoms with Crippen molar-refractivity contribution in [3.63, 3.8) is 0 Å². The molecular formula is C17H14ClF3N2O. The molecule has 0 radical (unpaired) electrons. The Morgan fingerprint density at radius 1 is 1.25 bits per heavy atom. The van der Waals surface area contributed by atoms with Gasteiger partial charge >= 0.3 is 6.18 Å². The van der Waals surface area contributed by atoms with Crippen molar-refractivity contribution in [2.75, 3.05) is 5.32 Å². The van der Waals surface area contributed by atoms with Crippen LogP contribution in [0.3, 0.4) is 0 Å². The number of anilines is 1. The minimum absolute atomic E-state index is 0.0799. The highest BCUT2D eigenvalue weighted by Gasteiger charge is 2.31. The van der Waals surface area contributed by atoms with Gasteiger partial charge in [0.05, 0.1) is 5.56 Å². The van der Waals surface area contributed by atoms with Gasteiger partial charge in [0.15, 0.2) is 6.29 Å². The van der Waals surface area contributed by atoms with E-state index in [9.17, 15) is 18.0 Å². The van der Waals surface area contributed by atoms with E-state index >= 15 is 0 Å². The van der Waals surface area contributed by atoms with Gasteiger partial charge in [-0.25, -0.2) is 0 Å². The van der Waals surface area contributed by atoms with E-state index in [1.165, 1.54) is 0 Å². The molecule has 0 unspecified atom stereocenters. The zero-order valence-electron chi connectivity index (χ0n) is 12.7. The Hall–Kier alpha value is -2.34. The largest absolute Gasteiger partial charge is 0.416 e. The van der Waals surface area contributed by atoms with Crippen LogP contribution in [0, 0.1) is 12.3 Å². The van der Waals surface area contributed by atoms with Crippen LogP contribution in [0.15, 0.2) is 36.4 Å². The molecule has 0 atom stereocenters. The molecule has 0 aliphatic rings. The number of nitrogens with one attached hydrogen (secondary N) is 2. The lowest BCUT2D eigenvalue weighted by Crippen LogP contribution is -2.12. The molecule has 0 aromatic heterocycles. The molecule has 0 aliphatic heterocycles. The van der Waals surface area contributed by atoms with Crippen LogP contribution in [0.4, 0.5) is 18.9 Å². The number of hydrogen-bond donors (Lipinski definition) is 2. The summed E-state index contributed by atoms with van der Waals surface area (Å²) in [4.78, 5) is 10.8. The second-order valence-electron chi connectivity index (χ2n) is 5.21. The molecule has 2 aromatic carbocycles. The molecule has 2 N–H and O–H groups in total. The lowest BCUT2D eigenvalue weighted by atomic mass is 10.0. The Morgan fingerprint density at radius 2 is 1.96 bits per heavy atom. The first kappa shape index (κ1) is 18.0. The first-order valence-corrected chi connectivity index (χ1v) is 7.34. The van der Waals surface area contributed by atoms with Gasteiger partial charge in [0.25, 0.3) is 0 Å². The quantitative estimate of drug-likeness (QED) is 0.596. The van der Waals surface area contributed by atoms with Gasteiger partial charge in [0.2, 0.25) is 0 Å². The van der Waals surface area contributed by atoms with Crippen LogP contribution < -0.4 is 5.32 Å². The first-order valence-electron chi connectivity index (χ1n) is 6.96. The zero-order chi connectivity index (χ0) is 17.9. The van der Waals surface area contributed by atoms with Crippen LogP contribution in [0.2, 0.25) is 5.02 Å². The lowest BCUT2D eigenvalue weighted by Gasteiger charge is -2.15. The summed E-state index contributed by atoms with van der Waals surface area (Å²) >= 11 is 5.88. The molecule has 0 amide bonds. The van der Waals surface area contributed by atoms with E-state index in [1.54, 1.807) is 18.2 Å². The van der Waals surface area contributed by atoms with Crippen LogP contribution in [-0.4, -0.2) is 12.0 Å². The van der Waals surface area contributed by atoms with E-state index in [-0.39, 0.29) is 23.5 Å². The van der Waals surface area contributed by atoms with Gasteiger partial charge in [0, 0.05) is 22.8 Å². The first-order chi connectivity index (χ1) is 11.2. The molecule has 2 rings (SSSR count). The van der Waals surface area contributed by atoms with Crippen LogP contribution in [0.25, 0.3) is 0 Å². The van der Waals surface area contributed by atoms with Gasteiger partial charge in [-0.05, 0) is 42.3 Å². The van der Waals surface area contributed by atoms with Gasteiger partial charge in [-0.1, -0.05) is 23.7 Å². The summed E-state index contributed by atoms with van der Waals surface area (Å²) in [6.45, 7) is 2.08. The van der Waals surface area contributed by atoms with E-state index in [0.29, 0.717) is 11.3 Å². The Morgan fingerprint density at radius 3 is 2.54 bits per heavy atom. The molecule has 0 spiro atoms. The van der Waals surface area contributed by atoms with E-state index in [4.69, 9.17) is 17.0 Å². The average molecular weight is 355 g/mol. The Bertz CT molecular complexity index is 788. The van der Waals surface area contributed by atoms with E-state index in [1.807, 2.05) is 6.92 Å². The van der Waals surface area contributed by atoms with Crippen molar-refractivity contribution in [3.05, 3.63) is 63.7 Å². The van der Waals surface area contributed by atoms with Gasteiger partial charge < -0.3 is 5.32 Å². The van der Waals surface area contributed by atoms with Crippen molar-refractivity contribution in [3.8, 4) is 0 Å². The zero-order valence-corrected chi connectivity index (χ0v) is 13.4. The topological polar surface area (TPSA) is 53.0 Å². The number of aldehydes is 1. The summed E-state index contributed by atoms with van der Waals surface area (Å²) in [6, 6.07) is 8.08. The molecule has 3 nitrogen and oxygen atoms in total. The van der Waals surface area contributed by atoms with Gasteiger partial charge in [-0.2, -0.15) is 13.2 Å². The van der Waals surface area contributed by atoms with Crippen molar-refractivity contribution < 1.29 is 18.0 Å². The van der Waals surface area contributed by atoms with Gasteiger partial charge in [0.1, 0.15) is 5.71 Å². The highest BCUT2D eigenvalue weighted by molar-refractivity contribution is 6.36. The number of aryl methyl sites for hydroxylation is 1. The van der Waals surface area contributed by atoms with Crippen LogP contribution in [-0.2, 0) is 17.5 Å². The Kier molecular flexibility index (Phi) is 5.29. The van der Waals surface area contributed by atoms with E-state index in [0.717, 1.165) is 29.3 Å². The van der Waals surface area contributed by atoms with E-state index in [2.05, 4.69) is 5.32 Å². The number of halogens is 4. The summed E-state index contributed by atoms with van der Waals surface area (Å²) in [7, 11) is 0. The molecule has 0 aliphatic carbocycles. The summed E-state index contributed by atoms with van der Waals surface area (Å²) in [5.74, 6) is 0. The Balaban J connectivity index is 2.35. The number of benzene rings is 2. The highest BCUT2D eigenvalue weighted by Crippen LogP contribution is 2.32. The van der Waals surface area contributed by atoms with Crippen molar-refractivity contribution in [1.29, 1.82) is 5.41 Å². The number of alkyl halides is 3. The van der Waals surface area contributed by atoms with Gasteiger partial charge in [-0.15, -0.1) is 0 Å². The maximum Gasteiger partial charge on any atom is 0.416 e. The van der Waals surface area contributed by atoms with E-state index < -0.39 is 11.7 Å². The fourth-order valence-electron chi connectivity index (χ4n) is 2.21. The molecule has 0 fully saturated rings. The minimum Gasteiger partial charge on any atom is -0.380 e. The number of rotatable bonds is 5. The SMILES string of the molecule is Cc1cc(Cl)ccc1CNc1cc(C(F)(F)F)ccc1C(=N)C=O. The van der Waals surface area contributed by atoms with Crippen molar-refractivity contribution in [1.82, 2.24) is 0 Å². The number of hydrogen-bond acceptors (Lipinski definition) is 3. The fourth-order valence-corrected chi connectivity index (χ4v) is 2.44. The second kappa shape index (κ2) is 7.05. The molecule has 126 valence electrons. The summed E-state index contributed by atoms with van der Waals surface area (Å²) in [5, 5.41) is 11.0. The predicted molar refractivity (Wildman–Crippen MR) is 87.9 cm³/mol. The van der Waals surface area contributed by atoms with Gasteiger partial charge in [-0.3, -0.25) is 10.2 Å².